The SMILES string of the molecule is CC(C)c1nc(N(C)CC2CCCC2)sc1CN. The van der Waals surface area contributed by atoms with Crippen molar-refractivity contribution in [1.29, 1.82) is 0 Å². The van der Waals surface area contributed by atoms with Gasteiger partial charge >= 0.3 is 0 Å². The van der Waals surface area contributed by atoms with Gasteiger partial charge in [0, 0.05) is 25.0 Å². The van der Waals surface area contributed by atoms with Gasteiger partial charge in [0.2, 0.25) is 0 Å². The van der Waals surface area contributed by atoms with Gasteiger partial charge in [0.05, 0.1) is 5.69 Å². The number of aromatic nitrogens is 1. The Morgan fingerprint density at radius 2 is 2.06 bits per heavy atom. The molecule has 0 bridgehead atoms. The maximum Gasteiger partial charge on any atom is 0.185 e. The Hall–Kier alpha value is -0.610. The van der Waals surface area contributed by atoms with Gasteiger partial charge in [-0.2, -0.15) is 0 Å². The minimum Gasteiger partial charge on any atom is -0.351 e. The molecule has 1 aliphatic carbocycles. The summed E-state index contributed by atoms with van der Waals surface area (Å²) < 4.78 is 0. The molecule has 18 heavy (non-hydrogen) atoms. The molecule has 0 spiro atoms. The van der Waals surface area contributed by atoms with Gasteiger partial charge in [-0.3, -0.25) is 0 Å². The van der Waals surface area contributed by atoms with Crippen LogP contribution in [0.4, 0.5) is 5.13 Å². The van der Waals surface area contributed by atoms with E-state index >= 15 is 0 Å². The lowest BCUT2D eigenvalue weighted by atomic mass is 10.1. The van der Waals surface area contributed by atoms with Crippen LogP contribution in [-0.2, 0) is 6.54 Å². The van der Waals surface area contributed by atoms with Crippen molar-refractivity contribution in [2.45, 2.75) is 52.0 Å². The zero-order chi connectivity index (χ0) is 13.1. The van der Waals surface area contributed by atoms with E-state index in [0.29, 0.717) is 12.5 Å². The highest BCUT2D eigenvalue weighted by molar-refractivity contribution is 7.15. The first-order chi connectivity index (χ1) is 8.61. The maximum atomic E-state index is 5.82. The van der Waals surface area contributed by atoms with Crippen LogP contribution in [0.1, 0.15) is 56.0 Å². The normalized spacial score (nSPS) is 16.7. The van der Waals surface area contributed by atoms with E-state index in [1.54, 1.807) is 11.3 Å². The Bertz CT molecular complexity index is 380. The molecule has 1 aromatic rings. The average molecular weight is 267 g/mol. The third-order valence-corrected chi connectivity index (χ3v) is 4.99. The zero-order valence-corrected chi connectivity index (χ0v) is 12.6. The highest BCUT2D eigenvalue weighted by Crippen LogP contribution is 2.32. The Morgan fingerprint density at radius 3 is 2.56 bits per heavy atom. The van der Waals surface area contributed by atoms with Crippen molar-refractivity contribution in [3.05, 3.63) is 10.6 Å². The van der Waals surface area contributed by atoms with Crippen LogP contribution in [-0.4, -0.2) is 18.6 Å². The molecule has 102 valence electrons. The second-order valence-electron chi connectivity index (χ2n) is 5.69. The molecule has 0 saturated heterocycles. The van der Waals surface area contributed by atoms with E-state index in [9.17, 15) is 0 Å². The summed E-state index contributed by atoms with van der Waals surface area (Å²) in [6, 6.07) is 0. The summed E-state index contributed by atoms with van der Waals surface area (Å²) in [6.45, 7) is 6.14. The van der Waals surface area contributed by atoms with Crippen molar-refractivity contribution in [1.82, 2.24) is 4.98 Å². The molecule has 1 aliphatic rings. The number of hydrogen-bond donors (Lipinski definition) is 1. The Kier molecular flexibility index (Phi) is 4.62. The van der Waals surface area contributed by atoms with E-state index in [2.05, 4.69) is 25.8 Å². The molecule has 0 radical (unpaired) electrons. The van der Waals surface area contributed by atoms with Gasteiger partial charge in [-0.25, -0.2) is 4.98 Å². The molecule has 0 aliphatic heterocycles. The molecule has 2 N–H and O–H groups in total. The lowest BCUT2D eigenvalue weighted by Gasteiger charge is -2.20. The number of nitrogens with zero attached hydrogens (tertiary/aromatic N) is 2. The van der Waals surface area contributed by atoms with Crippen molar-refractivity contribution < 1.29 is 0 Å². The smallest absolute Gasteiger partial charge is 0.185 e. The Morgan fingerprint density at radius 1 is 1.39 bits per heavy atom. The van der Waals surface area contributed by atoms with Crippen molar-refractivity contribution in [3.63, 3.8) is 0 Å². The molecule has 0 amide bonds. The summed E-state index contributed by atoms with van der Waals surface area (Å²) in [6.07, 6.45) is 5.58. The quantitative estimate of drug-likeness (QED) is 0.889. The predicted molar refractivity (Wildman–Crippen MR) is 79.3 cm³/mol. The van der Waals surface area contributed by atoms with Crippen molar-refractivity contribution >= 4 is 16.5 Å². The van der Waals surface area contributed by atoms with Crippen LogP contribution in [0.25, 0.3) is 0 Å². The van der Waals surface area contributed by atoms with Crippen LogP contribution < -0.4 is 10.6 Å². The molecule has 4 heteroatoms. The number of hydrogen-bond acceptors (Lipinski definition) is 4. The molecule has 1 saturated carbocycles. The van der Waals surface area contributed by atoms with Gasteiger partial charge in [-0.05, 0) is 24.7 Å². The minimum absolute atomic E-state index is 0.466. The number of nitrogens with two attached hydrogens (primary N) is 1. The number of thiazole rings is 1. The molecular formula is C14H25N3S. The first-order valence-corrected chi connectivity index (χ1v) is 7.84. The fraction of sp³-hybridized carbons (Fsp3) is 0.786. The largest absolute Gasteiger partial charge is 0.351 e. The van der Waals surface area contributed by atoms with E-state index in [1.807, 2.05) is 0 Å². The van der Waals surface area contributed by atoms with Crippen molar-refractivity contribution in [2.24, 2.45) is 11.7 Å². The second kappa shape index (κ2) is 6.02. The number of anilines is 1. The van der Waals surface area contributed by atoms with E-state index in [1.165, 1.54) is 36.3 Å². The van der Waals surface area contributed by atoms with E-state index in [0.717, 1.165) is 17.6 Å². The highest BCUT2D eigenvalue weighted by Gasteiger charge is 2.20. The fourth-order valence-corrected chi connectivity index (χ4v) is 3.83. The molecule has 3 nitrogen and oxygen atoms in total. The summed E-state index contributed by atoms with van der Waals surface area (Å²) in [5.74, 6) is 1.33. The molecule has 2 rings (SSSR count). The minimum atomic E-state index is 0.466. The van der Waals surface area contributed by atoms with E-state index < -0.39 is 0 Å². The van der Waals surface area contributed by atoms with Crippen LogP contribution >= 0.6 is 11.3 Å². The molecule has 1 fully saturated rings. The standard InChI is InChI=1S/C14H25N3S/c1-10(2)13-12(8-15)18-14(16-13)17(3)9-11-6-4-5-7-11/h10-11H,4-9,15H2,1-3H3. The molecule has 0 aromatic carbocycles. The maximum absolute atomic E-state index is 5.82. The van der Waals surface area contributed by atoms with Crippen molar-refractivity contribution in [2.75, 3.05) is 18.5 Å². The summed E-state index contributed by atoms with van der Waals surface area (Å²) >= 11 is 1.77. The molecule has 1 heterocycles. The summed E-state index contributed by atoms with van der Waals surface area (Å²) in [5.41, 5.74) is 7.01. The van der Waals surface area contributed by atoms with E-state index in [4.69, 9.17) is 10.7 Å². The third kappa shape index (κ3) is 3.04. The van der Waals surface area contributed by atoms with Gasteiger partial charge in [0.1, 0.15) is 0 Å². The predicted octanol–water partition coefficient (Wildman–Crippen LogP) is 3.35. The molecular weight excluding hydrogens is 242 g/mol. The van der Waals surface area contributed by atoms with Crippen LogP contribution in [0.2, 0.25) is 0 Å². The zero-order valence-electron chi connectivity index (χ0n) is 11.8. The van der Waals surface area contributed by atoms with Gasteiger partial charge in [0.15, 0.2) is 5.13 Å². The monoisotopic (exact) mass is 267 g/mol. The number of rotatable bonds is 5. The van der Waals surface area contributed by atoms with Crippen LogP contribution in [0, 0.1) is 5.92 Å². The lowest BCUT2D eigenvalue weighted by molar-refractivity contribution is 0.546. The highest BCUT2D eigenvalue weighted by atomic mass is 32.1. The Balaban J connectivity index is 2.07. The lowest BCUT2D eigenvalue weighted by Crippen LogP contribution is -2.23. The van der Waals surface area contributed by atoms with Gasteiger partial charge < -0.3 is 10.6 Å². The fourth-order valence-electron chi connectivity index (χ4n) is 2.77. The molecule has 1 aromatic heterocycles. The van der Waals surface area contributed by atoms with Gasteiger partial charge in [-0.1, -0.05) is 26.7 Å². The summed E-state index contributed by atoms with van der Waals surface area (Å²) in [4.78, 5) is 8.36. The van der Waals surface area contributed by atoms with Crippen LogP contribution in [0.5, 0.6) is 0 Å². The van der Waals surface area contributed by atoms with Crippen LogP contribution in [0.15, 0.2) is 0 Å². The van der Waals surface area contributed by atoms with Crippen molar-refractivity contribution in [3.8, 4) is 0 Å². The molecule has 0 unspecified atom stereocenters. The van der Waals surface area contributed by atoms with Gasteiger partial charge in [-0.15, -0.1) is 11.3 Å². The summed E-state index contributed by atoms with van der Waals surface area (Å²) in [5, 5.41) is 1.14. The molecule has 0 atom stereocenters. The summed E-state index contributed by atoms with van der Waals surface area (Å²) in [7, 11) is 2.17. The third-order valence-electron chi connectivity index (χ3n) is 3.78. The van der Waals surface area contributed by atoms with E-state index in [-0.39, 0.29) is 0 Å². The topological polar surface area (TPSA) is 42.2 Å². The first-order valence-electron chi connectivity index (χ1n) is 7.02. The average Bonchev–Trinajstić information content (AvgIpc) is 2.96. The second-order valence-corrected chi connectivity index (χ2v) is 6.76. The van der Waals surface area contributed by atoms with Gasteiger partial charge in [0.25, 0.3) is 0 Å². The first kappa shape index (κ1) is 13.8. The Labute approximate surface area is 114 Å². The van der Waals surface area contributed by atoms with Crippen LogP contribution in [0.3, 0.4) is 0 Å².